The number of hydrogen-bond donors (Lipinski definition) is 3. The molecule has 6 nitrogen and oxygen atoms in total. The lowest BCUT2D eigenvalue weighted by Crippen LogP contribution is -2.57. The van der Waals surface area contributed by atoms with E-state index in [0.29, 0.717) is 18.5 Å². The largest absolute Gasteiger partial charge is 0.341 e. The van der Waals surface area contributed by atoms with Crippen molar-refractivity contribution in [3.05, 3.63) is 12.4 Å². The Bertz CT molecular complexity index is 564. The number of aryl methyl sites for hydroxylation is 1. The van der Waals surface area contributed by atoms with Gasteiger partial charge >= 0.3 is 0 Å². The predicted octanol–water partition coefficient (Wildman–Crippen LogP) is 2.22. The lowest BCUT2D eigenvalue weighted by atomic mass is 9.95. The molecule has 0 radical (unpaired) electrons. The van der Waals surface area contributed by atoms with Gasteiger partial charge in [-0.2, -0.15) is 17.7 Å². The fraction of sp³-hybridized carbons (Fsp3) is 0.688. The zero-order chi connectivity index (χ0) is 17.0. The first-order valence-electron chi connectivity index (χ1n) is 8.22. The van der Waals surface area contributed by atoms with Crippen molar-refractivity contribution in [3.63, 3.8) is 0 Å². The summed E-state index contributed by atoms with van der Waals surface area (Å²) in [6.07, 6.45) is 6.59. The summed E-state index contributed by atoms with van der Waals surface area (Å²) in [7, 11) is 0. The molecule has 0 aliphatic heterocycles. The number of amides is 2. The van der Waals surface area contributed by atoms with Crippen LogP contribution in [0.5, 0.6) is 0 Å². The first-order chi connectivity index (χ1) is 10.9. The zero-order valence-corrected chi connectivity index (χ0v) is 14.9. The van der Waals surface area contributed by atoms with Gasteiger partial charge in [0, 0.05) is 12.7 Å². The fourth-order valence-electron chi connectivity index (χ4n) is 2.85. The van der Waals surface area contributed by atoms with Crippen LogP contribution in [0.25, 0.3) is 0 Å². The molecule has 1 fully saturated rings. The number of hydrogen-bond acceptors (Lipinski definition) is 4. The summed E-state index contributed by atoms with van der Waals surface area (Å²) in [6.45, 7) is 6.61. The maximum Gasteiger partial charge on any atom is 0.250 e. The molecule has 1 atom stereocenters. The van der Waals surface area contributed by atoms with E-state index in [2.05, 4.69) is 28.4 Å². The molecule has 7 heteroatoms. The summed E-state index contributed by atoms with van der Waals surface area (Å²) in [5.74, 6) is -0.226. The zero-order valence-electron chi connectivity index (χ0n) is 14.0. The Hall–Kier alpha value is -1.50. The second kappa shape index (κ2) is 7.38. The molecule has 0 aromatic carbocycles. The van der Waals surface area contributed by atoms with Gasteiger partial charge in [-0.3, -0.25) is 14.3 Å². The third-order valence-electron chi connectivity index (χ3n) is 4.37. The van der Waals surface area contributed by atoms with Crippen LogP contribution in [0.4, 0.5) is 5.69 Å². The molecule has 0 saturated heterocycles. The molecule has 0 spiro atoms. The summed E-state index contributed by atoms with van der Waals surface area (Å²) < 4.78 is 1.75. The summed E-state index contributed by atoms with van der Waals surface area (Å²) in [6, 6.07) is 0. The minimum Gasteiger partial charge on any atom is -0.341 e. The molecule has 1 aliphatic rings. The minimum absolute atomic E-state index is 0.114. The van der Waals surface area contributed by atoms with Gasteiger partial charge in [0.2, 0.25) is 11.8 Å². The van der Waals surface area contributed by atoms with Crippen molar-refractivity contribution in [1.82, 2.24) is 15.1 Å². The minimum atomic E-state index is -0.832. The molecule has 1 saturated carbocycles. The number of nitrogens with one attached hydrogen (secondary N) is 2. The molecule has 1 aliphatic carbocycles. The van der Waals surface area contributed by atoms with Crippen molar-refractivity contribution in [1.29, 1.82) is 0 Å². The Morgan fingerprint density at radius 3 is 2.57 bits per heavy atom. The summed E-state index contributed by atoms with van der Waals surface area (Å²) in [4.78, 5) is 25.1. The van der Waals surface area contributed by atoms with Gasteiger partial charge < -0.3 is 10.6 Å². The Morgan fingerprint density at radius 1 is 1.39 bits per heavy atom. The molecular weight excluding hydrogens is 312 g/mol. The summed E-state index contributed by atoms with van der Waals surface area (Å²) in [5, 5.41) is 9.59. The first-order valence-corrected chi connectivity index (χ1v) is 8.73. The molecule has 0 bridgehead atoms. The molecule has 2 amide bonds. The van der Waals surface area contributed by atoms with Gasteiger partial charge in [-0.15, -0.1) is 0 Å². The third-order valence-corrected chi connectivity index (χ3v) is 5.20. The topological polar surface area (TPSA) is 76.0 Å². The van der Waals surface area contributed by atoms with Crippen molar-refractivity contribution in [2.75, 3.05) is 5.32 Å². The molecule has 1 aromatic rings. The van der Waals surface area contributed by atoms with Crippen LogP contribution in [0.1, 0.15) is 46.5 Å². The Balaban J connectivity index is 2.10. The predicted molar refractivity (Wildman–Crippen MR) is 93.5 cm³/mol. The standard InChI is InChI=1S/C16H26N4O2S/c1-4-20-10-12(9-17-20)18-15(22)16(7-5-6-8-16)19-14(21)13(23)11(2)3/h9-11,13,23H,4-8H2,1-3H3,(H,18,22)(H,19,21)/t13-/m0/s1. The molecular formula is C16H26N4O2S. The number of nitrogens with zero attached hydrogens (tertiary/aromatic N) is 2. The quantitative estimate of drug-likeness (QED) is 0.696. The molecule has 23 heavy (non-hydrogen) atoms. The molecule has 2 rings (SSSR count). The van der Waals surface area contributed by atoms with Crippen LogP contribution in [0.3, 0.4) is 0 Å². The second-order valence-corrected chi connectivity index (χ2v) is 7.06. The average Bonchev–Trinajstić information content (AvgIpc) is 3.16. The first kappa shape index (κ1) is 17.8. The van der Waals surface area contributed by atoms with Gasteiger partial charge in [-0.05, 0) is 25.7 Å². The van der Waals surface area contributed by atoms with Crippen molar-refractivity contribution >= 4 is 30.1 Å². The molecule has 0 unspecified atom stereocenters. The van der Waals surface area contributed by atoms with Gasteiger partial charge in [-0.25, -0.2) is 0 Å². The highest BCUT2D eigenvalue weighted by Crippen LogP contribution is 2.31. The Labute approximate surface area is 142 Å². The van der Waals surface area contributed by atoms with E-state index in [4.69, 9.17) is 0 Å². The van der Waals surface area contributed by atoms with Gasteiger partial charge in [0.15, 0.2) is 0 Å². The third kappa shape index (κ3) is 4.07. The van der Waals surface area contributed by atoms with Crippen LogP contribution < -0.4 is 10.6 Å². The van der Waals surface area contributed by atoms with Gasteiger partial charge in [0.1, 0.15) is 5.54 Å². The highest BCUT2D eigenvalue weighted by atomic mass is 32.1. The van der Waals surface area contributed by atoms with Gasteiger partial charge in [0.25, 0.3) is 0 Å². The second-order valence-electron chi connectivity index (χ2n) is 6.51. The lowest BCUT2D eigenvalue weighted by molar-refractivity contribution is -0.130. The lowest BCUT2D eigenvalue weighted by Gasteiger charge is -2.30. The van der Waals surface area contributed by atoms with Crippen molar-refractivity contribution < 1.29 is 9.59 Å². The summed E-state index contributed by atoms with van der Waals surface area (Å²) >= 11 is 4.36. The maximum atomic E-state index is 12.8. The van der Waals surface area contributed by atoms with Crippen LogP contribution >= 0.6 is 12.6 Å². The van der Waals surface area contributed by atoms with Gasteiger partial charge in [0.05, 0.1) is 17.1 Å². The average molecular weight is 338 g/mol. The van der Waals surface area contributed by atoms with Crippen LogP contribution in [-0.2, 0) is 16.1 Å². The number of thiol groups is 1. The molecule has 128 valence electrons. The van der Waals surface area contributed by atoms with Crippen molar-refractivity contribution in [3.8, 4) is 0 Å². The number of anilines is 1. The van der Waals surface area contributed by atoms with E-state index in [1.165, 1.54) is 0 Å². The van der Waals surface area contributed by atoms with Crippen LogP contribution in [-0.4, -0.2) is 32.4 Å². The monoisotopic (exact) mass is 338 g/mol. The van der Waals surface area contributed by atoms with E-state index < -0.39 is 10.8 Å². The van der Waals surface area contributed by atoms with E-state index in [-0.39, 0.29) is 17.7 Å². The number of rotatable bonds is 6. The van der Waals surface area contributed by atoms with E-state index in [1.54, 1.807) is 17.1 Å². The van der Waals surface area contributed by atoms with E-state index in [0.717, 1.165) is 19.4 Å². The Kier molecular flexibility index (Phi) is 5.73. The maximum absolute atomic E-state index is 12.8. The smallest absolute Gasteiger partial charge is 0.250 e. The van der Waals surface area contributed by atoms with E-state index >= 15 is 0 Å². The normalized spacial score (nSPS) is 18.0. The highest BCUT2D eigenvalue weighted by Gasteiger charge is 2.43. The van der Waals surface area contributed by atoms with Gasteiger partial charge in [-0.1, -0.05) is 26.7 Å². The molecule has 1 heterocycles. The van der Waals surface area contributed by atoms with Crippen molar-refractivity contribution in [2.24, 2.45) is 5.92 Å². The van der Waals surface area contributed by atoms with Crippen LogP contribution in [0, 0.1) is 5.92 Å². The SMILES string of the molecule is CCn1cc(NC(=O)C2(NC(=O)[C@@H](S)C(C)C)CCCC2)cn1. The van der Waals surface area contributed by atoms with E-state index in [1.807, 2.05) is 20.8 Å². The van der Waals surface area contributed by atoms with Crippen LogP contribution in [0.15, 0.2) is 12.4 Å². The van der Waals surface area contributed by atoms with Crippen molar-refractivity contribution in [2.45, 2.75) is 63.8 Å². The fourth-order valence-corrected chi connectivity index (χ4v) is 2.92. The number of carbonyl (C=O) groups excluding carboxylic acids is 2. The number of carbonyl (C=O) groups is 2. The molecule has 1 aromatic heterocycles. The van der Waals surface area contributed by atoms with E-state index in [9.17, 15) is 9.59 Å². The molecule has 2 N–H and O–H groups in total. The Morgan fingerprint density at radius 2 is 2.04 bits per heavy atom. The number of aromatic nitrogens is 2. The summed E-state index contributed by atoms with van der Waals surface area (Å²) in [5.41, 5.74) is -0.176. The highest BCUT2D eigenvalue weighted by molar-refractivity contribution is 7.81. The van der Waals surface area contributed by atoms with Crippen LogP contribution in [0.2, 0.25) is 0 Å².